The highest BCUT2D eigenvalue weighted by Gasteiger charge is 2.39. The van der Waals surface area contributed by atoms with E-state index in [0.717, 1.165) is 12.1 Å². The van der Waals surface area contributed by atoms with Gasteiger partial charge in [0.2, 0.25) is 0 Å². The summed E-state index contributed by atoms with van der Waals surface area (Å²) in [5, 5.41) is 0. The van der Waals surface area contributed by atoms with Gasteiger partial charge in [-0.05, 0) is 45.0 Å². The van der Waals surface area contributed by atoms with Crippen molar-refractivity contribution in [1.82, 2.24) is 0 Å². The van der Waals surface area contributed by atoms with E-state index in [1.807, 2.05) is 0 Å². The molecular formula is C13H18F3NO3S. The molecule has 0 aliphatic carbocycles. The maximum absolute atomic E-state index is 13.8. The van der Waals surface area contributed by atoms with Gasteiger partial charge in [0, 0.05) is 11.2 Å². The standard InChI is InChI=1S/C13H18F3NO3S/c1-12(2,3)17(11-6-4-10(14)5-7-11)8-13(15,16)9-21(18,19)20/h4-7H,8-9H2,1-3H3,(H,18,19,20). The Hall–Kier alpha value is -1.28. The molecule has 0 heterocycles. The molecule has 0 saturated carbocycles. The van der Waals surface area contributed by atoms with Gasteiger partial charge < -0.3 is 4.90 Å². The summed E-state index contributed by atoms with van der Waals surface area (Å²) in [5.74, 6) is -5.81. The van der Waals surface area contributed by atoms with Crippen LogP contribution >= 0.6 is 0 Å². The molecule has 0 spiro atoms. The summed E-state index contributed by atoms with van der Waals surface area (Å²) in [5.41, 5.74) is -0.417. The van der Waals surface area contributed by atoms with E-state index >= 15 is 0 Å². The molecule has 0 aliphatic heterocycles. The molecule has 0 unspecified atom stereocenters. The van der Waals surface area contributed by atoms with Crippen molar-refractivity contribution in [2.75, 3.05) is 17.2 Å². The van der Waals surface area contributed by atoms with Crippen molar-refractivity contribution in [3.8, 4) is 0 Å². The van der Waals surface area contributed by atoms with Gasteiger partial charge in [-0.3, -0.25) is 4.55 Å². The van der Waals surface area contributed by atoms with Crippen LogP contribution in [-0.4, -0.2) is 36.7 Å². The van der Waals surface area contributed by atoms with Crippen LogP contribution < -0.4 is 4.90 Å². The van der Waals surface area contributed by atoms with Crippen LogP contribution in [0.1, 0.15) is 20.8 Å². The highest BCUT2D eigenvalue weighted by atomic mass is 32.2. The van der Waals surface area contributed by atoms with E-state index in [0.29, 0.717) is 5.69 Å². The lowest BCUT2D eigenvalue weighted by Crippen LogP contribution is -2.50. The van der Waals surface area contributed by atoms with Gasteiger partial charge in [-0.2, -0.15) is 8.42 Å². The van der Waals surface area contributed by atoms with Crippen molar-refractivity contribution in [2.45, 2.75) is 32.2 Å². The van der Waals surface area contributed by atoms with Gasteiger partial charge in [0.25, 0.3) is 16.0 Å². The molecule has 0 saturated heterocycles. The first-order valence-corrected chi connectivity index (χ1v) is 7.77. The fourth-order valence-electron chi connectivity index (χ4n) is 1.88. The van der Waals surface area contributed by atoms with E-state index in [-0.39, 0.29) is 0 Å². The second-order valence-electron chi connectivity index (χ2n) is 5.82. The molecule has 0 amide bonds. The molecule has 0 bridgehead atoms. The van der Waals surface area contributed by atoms with Crippen LogP contribution in [0.4, 0.5) is 18.9 Å². The van der Waals surface area contributed by atoms with E-state index < -0.39 is 39.7 Å². The number of alkyl halides is 2. The number of halogens is 3. The Morgan fingerprint density at radius 2 is 1.62 bits per heavy atom. The first-order valence-electron chi connectivity index (χ1n) is 6.16. The molecule has 0 atom stereocenters. The van der Waals surface area contributed by atoms with Crippen molar-refractivity contribution in [3.63, 3.8) is 0 Å². The molecule has 0 aliphatic rings. The predicted octanol–water partition coefficient (Wildman–Crippen LogP) is 2.95. The van der Waals surface area contributed by atoms with Gasteiger partial charge in [0.1, 0.15) is 11.6 Å². The van der Waals surface area contributed by atoms with Crippen LogP contribution in [0, 0.1) is 5.82 Å². The van der Waals surface area contributed by atoms with E-state index in [2.05, 4.69) is 0 Å². The van der Waals surface area contributed by atoms with E-state index in [1.54, 1.807) is 20.8 Å². The smallest absolute Gasteiger partial charge is 0.281 e. The zero-order valence-corrected chi connectivity index (χ0v) is 12.8. The number of rotatable bonds is 5. The van der Waals surface area contributed by atoms with Crippen molar-refractivity contribution in [1.29, 1.82) is 0 Å². The minimum Gasteiger partial charge on any atom is -0.361 e. The zero-order valence-electron chi connectivity index (χ0n) is 12.0. The van der Waals surface area contributed by atoms with Gasteiger partial charge in [-0.25, -0.2) is 13.2 Å². The fraction of sp³-hybridized carbons (Fsp3) is 0.538. The van der Waals surface area contributed by atoms with Crippen LogP contribution in [0.5, 0.6) is 0 Å². The fourth-order valence-corrected chi connectivity index (χ4v) is 2.51. The number of nitrogens with zero attached hydrogens (tertiary/aromatic N) is 1. The van der Waals surface area contributed by atoms with Crippen LogP contribution in [-0.2, 0) is 10.1 Å². The first kappa shape index (κ1) is 17.8. The molecule has 1 rings (SSSR count). The SMILES string of the molecule is CC(C)(C)N(CC(F)(F)CS(=O)(=O)O)c1ccc(F)cc1. The zero-order chi connectivity index (χ0) is 16.5. The van der Waals surface area contributed by atoms with Gasteiger partial charge in [-0.1, -0.05) is 0 Å². The topological polar surface area (TPSA) is 57.6 Å². The summed E-state index contributed by atoms with van der Waals surface area (Å²) in [6.45, 7) is 4.08. The maximum atomic E-state index is 13.8. The maximum Gasteiger partial charge on any atom is 0.281 e. The van der Waals surface area contributed by atoms with Gasteiger partial charge in [0.15, 0.2) is 0 Å². The van der Waals surface area contributed by atoms with E-state index in [9.17, 15) is 21.6 Å². The number of hydrogen-bond acceptors (Lipinski definition) is 3. The normalized spacial score (nSPS) is 13.3. The van der Waals surface area contributed by atoms with E-state index in [1.165, 1.54) is 17.0 Å². The third-order valence-electron chi connectivity index (χ3n) is 2.73. The van der Waals surface area contributed by atoms with Crippen molar-refractivity contribution in [3.05, 3.63) is 30.1 Å². The largest absolute Gasteiger partial charge is 0.361 e. The molecule has 1 aromatic rings. The second-order valence-corrected chi connectivity index (χ2v) is 7.27. The van der Waals surface area contributed by atoms with Crippen molar-refractivity contribution >= 4 is 15.8 Å². The van der Waals surface area contributed by atoms with Crippen LogP contribution in [0.2, 0.25) is 0 Å². The first-order chi connectivity index (χ1) is 9.30. The number of benzene rings is 1. The minimum atomic E-state index is -4.80. The quantitative estimate of drug-likeness (QED) is 0.846. The molecule has 0 fully saturated rings. The van der Waals surface area contributed by atoms with Gasteiger partial charge in [0.05, 0.1) is 6.54 Å². The average Bonchev–Trinajstić information content (AvgIpc) is 2.22. The lowest BCUT2D eigenvalue weighted by atomic mass is 10.0. The molecule has 21 heavy (non-hydrogen) atoms. The summed E-state index contributed by atoms with van der Waals surface area (Å²) in [6, 6.07) is 4.94. The molecule has 1 aromatic carbocycles. The molecule has 120 valence electrons. The Morgan fingerprint density at radius 3 is 2.00 bits per heavy atom. The second kappa shape index (κ2) is 5.84. The monoisotopic (exact) mass is 325 g/mol. The number of hydrogen-bond donors (Lipinski definition) is 1. The van der Waals surface area contributed by atoms with Gasteiger partial charge in [-0.15, -0.1) is 0 Å². The molecule has 8 heteroatoms. The highest BCUT2D eigenvalue weighted by Crippen LogP contribution is 2.29. The summed E-state index contributed by atoms with van der Waals surface area (Å²) < 4.78 is 70.5. The van der Waals surface area contributed by atoms with Crippen molar-refractivity contribution in [2.24, 2.45) is 0 Å². The molecule has 0 radical (unpaired) electrons. The van der Waals surface area contributed by atoms with E-state index in [4.69, 9.17) is 4.55 Å². The van der Waals surface area contributed by atoms with Gasteiger partial charge >= 0.3 is 0 Å². The molecule has 1 N–H and O–H groups in total. The Balaban J connectivity index is 3.08. The Labute approximate surface area is 122 Å². The van der Waals surface area contributed by atoms with Crippen LogP contribution in [0.3, 0.4) is 0 Å². The molecular weight excluding hydrogens is 307 g/mol. The third kappa shape index (κ3) is 5.92. The lowest BCUT2D eigenvalue weighted by molar-refractivity contribution is 0.0282. The summed E-state index contributed by atoms with van der Waals surface area (Å²) in [6.07, 6.45) is 0. The summed E-state index contributed by atoms with van der Waals surface area (Å²) in [7, 11) is -4.80. The number of anilines is 1. The Kier molecular flexibility index (Phi) is 4.94. The van der Waals surface area contributed by atoms with Crippen LogP contribution in [0.25, 0.3) is 0 Å². The minimum absolute atomic E-state index is 0.332. The molecule has 4 nitrogen and oxygen atoms in total. The molecule has 0 aromatic heterocycles. The highest BCUT2D eigenvalue weighted by molar-refractivity contribution is 7.85. The Morgan fingerprint density at radius 1 is 1.14 bits per heavy atom. The van der Waals surface area contributed by atoms with Crippen molar-refractivity contribution < 1.29 is 26.1 Å². The van der Waals surface area contributed by atoms with Crippen LogP contribution in [0.15, 0.2) is 24.3 Å². The third-order valence-corrected chi connectivity index (χ3v) is 3.52. The lowest BCUT2D eigenvalue weighted by Gasteiger charge is -2.39. The summed E-state index contributed by atoms with van der Waals surface area (Å²) in [4.78, 5) is 1.26. The predicted molar refractivity (Wildman–Crippen MR) is 74.9 cm³/mol. The Bertz CT molecular complexity index is 580. The summed E-state index contributed by atoms with van der Waals surface area (Å²) >= 11 is 0. The average molecular weight is 325 g/mol.